The molecule has 0 radical (unpaired) electrons. The largest absolute Gasteiger partial charge is 0.398 e. The lowest BCUT2D eigenvalue weighted by molar-refractivity contribution is -0.385. The monoisotopic (exact) mass is 308 g/mol. The number of nitro groups is 1. The second kappa shape index (κ2) is 5.37. The van der Waals surface area contributed by atoms with Gasteiger partial charge in [0.15, 0.2) is 0 Å². The summed E-state index contributed by atoms with van der Waals surface area (Å²) in [6, 6.07) is 6.41. The van der Waals surface area contributed by atoms with Crippen molar-refractivity contribution in [2.45, 2.75) is 11.8 Å². The fourth-order valence-electron chi connectivity index (χ4n) is 1.61. The number of aromatic nitrogens is 1. The molecule has 1 heterocycles. The molecule has 0 bridgehead atoms. The maximum atomic E-state index is 12.2. The molecule has 0 unspecified atom stereocenters. The Hall–Kier alpha value is -2.68. The van der Waals surface area contributed by atoms with E-state index in [1.807, 2.05) is 0 Å². The minimum absolute atomic E-state index is 0.0758. The summed E-state index contributed by atoms with van der Waals surface area (Å²) in [5, 5.41) is 10.7. The quantitative estimate of drug-likeness (QED) is 0.502. The summed E-state index contributed by atoms with van der Waals surface area (Å²) >= 11 is 0. The van der Waals surface area contributed by atoms with Crippen molar-refractivity contribution in [2.24, 2.45) is 0 Å². The summed E-state index contributed by atoms with van der Waals surface area (Å²) in [6.45, 7) is 1.76. The summed E-state index contributed by atoms with van der Waals surface area (Å²) in [5.41, 5.74) is 6.14. The third-order valence-corrected chi connectivity index (χ3v) is 4.10. The molecular weight excluding hydrogens is 296 g/mol. The number of hydrogen-bond donors (Lipinski definition) is 2. The number of pyridine rings is 1. The SMILES string of the molecule is Cc1ccc(NS(=O)(=O)c2cc([N+](=O)[O-])ccc2N)cn1. The lowest BCUT2D eigenvalue weighted by atomic mass is 10.3. The molecule has 1 aromatic carbocycles. The highest BCUT2D eigenvalue weighted by Crippen LogP contribution is 2.25. The maximum Gasteiger partial charge on any atom is 0.270 e. The fourth-order valence-corrected chi connectivity index (χ4v) is 2.80. The Morgan fingerprint density at radius 3 is 2.57 bits per heavy atom. The van der Waals surface area contributed by atoms with Crippen molar-refractivity contribution in [1.29, 1.82) is 0 Å². The second-order valence-electron chi connectivity index (χ2n) is 4.27. The van der Waals surface area contributed by atoms with Crippen LogP contribution in [0.5, 0.6) is 0 Å². The lowest BCUT2D eigenvalue weighted by Crippen LogP contribution is -2.15. The predicted molar refractivity (Wildman–Crippen MR) is 77.3 cm³/mol. The average molecular weight is 308 g/mol. The van der Waals surface area contributed by atoms with Crippen LogP contribution in [-0.2, 0) is 10.0 Å². The van der Waals surface area contributed by atoms with Gasteiger partial charge < -0.3 is 5.73 Å². The summed E-state index contributed by atoms with van der Waals surface area (Å²) in [4.78, 5) is 13.6. The molecule has 0 saturated heterocycles. The number of nitrogens with one attached hydrogen (secondary N) is 1. The van der Waals surface area contributed by atoms with Gasteiger partial charge in [0.25, 0.3) is 15.7 Å². The number of nitrogen functional groups attached to an aromatic ring is 1. The molecule has 0 aliphatic carbocycles. The Morgan fingerprint density at radius 1 is 1.29 bits per heavy atom. The third kappa shape index (κ3) is 3.26. The van der Waals surface area contributed by atoms with E-state index in [1.54, 1.807) is 13.0 Å². The number of hydrogen-bond acceptors (Lipinski definition) is 6. The van der Waals surface area contributed by atoms with Crippen molar-refractivity contribution in [3.05, 3.63) is 52.3 Å². The normalized spacial score (nSPS) is 11.1. The molecule has 0 spiro atoms. The fraction of sp³-hybridized carbons (Fsp3) is 0.0833. The highest BCUT2D eigenvalue weighted by Gasteiger charge is 2.21. The van der Waals surface area contributed by atoms with Crippen molar-refractivity contribution in [1.82, 2.24) is 4.98 Å². The van der Waals surface area contributed by atoms with Crippen LogP contribution in [-0.4, -0.2) is 18.3 Å². The first-order chi connectivity index (χ1) is 9.79. The first-order valence-corrected chi connectivity index (χ1v) is 7.27. The molecule has 110 valence electrons. The summed E-state index contributed by atoms with van der Waals surface area (Å²) in [5.74, 6) is 0. The van der Waals surface area contributed by atoms with Gasteiger partial charge in [-0.15, -0.1) is 0 Å². The van der Waals surface area contributed by atoms with E-state index in [0.717, 1.165) is 17.8 Å². The van der Waals surface area contributed by atoms with Crippen molar-refractivity contribution in [3.8, 4) is 0 Å². The van der Waals surface area contributed by atoms with Crippen LogP contribution >= 0.6 is 0 Å². The van der Waals surface area contributed by atoms with Crippen LogP contribution in [0.2, 0.25) is 0 Å². The number of sulfonamides is 1. The Morgan fingerprint density at radius 2 is 2.00 bits per heavy atom. The van der Waals surface area contributed by atoms with E-state index < -0.39 is 14.9 Å². The lowest BCUT2D eigenvalue weighted by Gasteiger charge is -2.09. The Bertz CT molecular complexity index is 787. The maximum absolute atomic E-state index is 12.2. The van der Waals surface area contributed by atoms with Crippen molar-refractivity contribution >= 4 is 27.1 Å². The zero-order valence-electron chi connectivity index (χ0n) is 11.0. The summed E-state index contributed by atoms with van der Waals surface area (Å²) in [7, 11) is -4.03. The number of benzene rings is 1. The molecule has 3 N–H and O–H groups in total. The number of nitrogens with two attached hydrogens (primary N) is 1. The smallest absolute Gasteiger partial charge is 0.270 e. The van der Waals surface area contributed by atoms with E-state index in [1.165, 1.54) is 18.3 Å². The molecule has 0 aliphatic rings. The van der Waals surface area contributed by atoms with Crippen LogP contribution in [0.4, 0.5) is 17.1 Å². The molecule has 9 heteroatoms. The van der Waals surface area contributed by atoms with Crippen molar-refractivity contribution in [3.63, 3.8) is 0 Å². The van der Waals surface area contributed by atoms with Gasteiger partial charge >= 0.3 is 0 Å². The summed E-state index contributed by atoms with van der Waals surface area (Å²) < 4.78 is 26.8. The van der Waals surface area contributed by atoms with E-state index in [2.05, 4.69) is 9.71 Å². The molecule has 2 aromatic rings. The molecule has 0 atom stereocenters. The zero-order chi connectivity index (χ0) is 15.6. The molecule has 0 saturated carbocycles. The molecule has 21 heavy (non-hydrogen) atoms. The topological polar surface area (TPSA) is 128 Å². The van der Waals surface area contributed by atoms with Crippen LogP contribution in [0.15, 0.2) is 41.4 Å². The molecular formula is C12H12N4O4S. The van der Waals surface area contributed by atoms with E-state index in [4.69, 9.17) is 5.73 Å². The third-order valence-electron chi connectivity index (χ3n) is 2.66. The highest BCUT2D eigenvalue weighted by molar-refractivity contribution is 7.92. The van der Waals surface area contributed by atoms with Crippen molar-refractivity contribution in [2.75, 3.05) is 10.5 Å². The second-order valence-corrected chi connectivity index (χ2v) is 5.92. The highest BCUT2D eigenvalue weighted by atomic mass is 32.2. The Kier molecular flexibility index (Phi) is 3.76. The number of nitrogens with zero attached hydrogens (tertiary/aromatic N) is 2. The number of non-ortho nitro benzene ring substituents is 1. The standard InChI is InChI=1S/C12H12N4O4S/c1-8-2-3-9(7-14-8)15-21(19,20)12-6-10(16(17)18)4-5-11(12)13/h2-7,15H,13H2,1H3. The van der Waals surface area contributed by atoms with E-state index >= 15 is 0 Å². The molecule has 0 aliphatic heterocycles. The van der Waals surface area contributed by atoms with Gasteiger partial charge in [0.2, 0.25) is 0 Å². The average Bonchev–Trinajstić information content (AvgIpc) is 2.41. The molecule has 0 fully saturated rings. The van der Waals surface area contributed by atoms with Crippen LogP contribution in [0.1, 0.15) is 5.69 Å². The molecule has 1 aromatic heterocycles. The summed E-state index contributed by atoms with van der Waals surface area (Å²) in [6.07, 6.45) is 1.35. The van der Waals surface area contributed by atoms with Crippen LogP contribution in [0.3, 0.4) is 0 Å². The van der Waals surface area contributed by atoms with E-state index in [9.17, 15) is 18.5 Å². The van der Waals surface area contributed by atoms with Crippen molar-refractivity contribution < 1.29 is 13.3 Å². The number of nitro benzene ring substituents is 1. The van der Waals surface area contributed by atoms with E-state index in [0.29, 0.717) is 0 Å². The van der Waals surface area contributed by atoms with Crippen LogP contribution in [0, 0.1) is 17.0 Å². The Balaban J connectivity index is 2.41. The van der Waals surface area contributed by atoms with Crippen LogP contribution < -0.4 is 10.5 Å². The number of rotatable bonds is 4. The first-order valence-electron chi connectivity index (χ1n) is 5.79. The minimum Gasteiger partial charge on any atom is -0.398 e. The van der Waals surface area contributed by atoms with Gasteiger partial charge in [0.1, 0.15) is 4.90 Å². The number of aryl methyl sites for hydroxylation is 1. The minimum atomic E-state index is -4.03. The molecule has 2 rings (SSSR count). The van der Waals surface area contributed by atoms with Gasteiger partial charge in [-0.25, -0.2) is 8.42 Å². The van der Waals surface area contributed by atoms with Gasteiger partial charge in [0, 0.05) is 17.8 Å². The van der Waals surface area contributed by atoms with Gasteiger partial charge in [-0.2, -0.15) is 0 Å². The van der Waals surface area contributed by atoms with Gasteiger partial charge in [-0.1, -0.05) is 0 Å². The number of anilines is 2. The Labute approximate surface area is 120 Å². The molecule has 8 nitrogen and oxygen atoms in total. The van der Waals surface area contributed by atoms with Gasteiger partial charge in [-0.05, 0) is 25.1 Å². The van der Waals surface area contributed by atoms with Gasteiger partial charge in [-0.3, -0.25) is 19.8 Å². The van der Waals surface area contributed by atoms with E-state index in [-0.39, 0.29) is 22.0 Å². The molecule has 0 amide bonds. The van der Waals surface area contributed by atoms with Crippen LogP contribution in [0.25, 0.3) is 0 Å². The van der Waals surface area contributed by atoms with Gasteiger partial charge in [0.05, 0.1) is 22.5 Å². The zero-order valence-corrected chi connectivity index (χ0v) is 11.8. The predicted octanol–water partition coefficient (Wildman–Crippen LogP) is 1.68. The first kappa shape index (κ1) is 14.7.